The average Bonchev–Trinajstić information content (AvgIpc) is 2.98. The molecular formula is C23H27N3O4S. The molecule has 1 aromatic heterocycles. The number of oxazole rings is 1. The normalized spacial score (nSPS) is 15.8. The molecular weight excluding hydrogens is 414 g/mol. The molecule has 0 saturated carbocycles. The average molecular weight is 442 g/mol. The first-order valence-corrected chi connectivity index (χ1v) is 12.1. The molecule has 7 nitrogen and oxygen atoms in total. The molecule has 31 heavy (non-hydrogen) atoms. The Hall–Kier alpha value is -2.71. The lowest BCUT2D eigenvalue weighted by Crippen LogP contribution is -2.32. The fourth-order valence-electron chi connectivity index (χ4n) is 3.70. The van der Waals surface area contributed by atoms with E-state index in [0.717, 1.165) is 25.7 Å². The smallest absolute Gasteiger partial charge is 0.255 e. The summed E-state index contributed by atoms with van der Waals surface area (Å²) < 4.78 is 33.3. The monoisotopic (exact) mass is 441 g/mol. The van der Waals surface area contributed by atoms with Crippen molar-refractivity contribution in [2.75, 3.05) is 18.4 Å². The summed E-state index contributed by atoms with van der Waals surface area (Å²) in [5, 5.41) is 2.83. The van der Waals surface area contributed by atoms with Gasteiger partial charge in [0.25, 0.3) is 5.91 Å². The van der Waals surface area contributed by atoms with Crippen molar-refractivity contribution in [1.82, 2.24) is 9.29 Å². The number of benzene rings is 2. The molecule has 1 N–H and O–H groups in total. The molecule has 1 aliphatic rings. The third-order valence-electron chi connectivity index (χ3n) is 5.45. The van der Waals surface area contributed by atoms with Gasteiger partial charge in [0.05, 0.1) is 4.90 Å². The largest absolute Gasteiger partial charge is 0.440 e. The van der Waals surface area contributed by atoms with Crippen LogP contribution in [0.4, 0.5) is 5.69 Å². The Morgan fingerprint density at radius 3 is 2.52 bits per heavy atom. The highest BCUT2D eigenvalue weighted by molar-refractivity contribution is 7.89. The molecule has 1 amide bonds. The van der Waals surface area contributed by atoms with E-state index in [1.807, 2.05) is 13.8 Å². The number of hydrogen-bond acceptors (Lipinski definition) is 5. The molecule has 2 heterocycles. The van der Waals surface area contributed by atoms with Gasteiger partial charge in [-0.25, -0.2) is 13.4 Å². The summed E-state index contributed by atoms with van der Waals surface area (Å²) in [7, 11) is -3.62. The molecule has 164 valence electrons. The Morgan fingerprint density at radius 2 is 1.81 bits per heavy atom. The van der Waals surface area contributed by atoms with Crippen LogP contribution in [-0.2, 0) is 10.0 Å². The fourth-order valence-corrected chi connectivity index (χ4v) is 5.27. The summed E-state index contributed by atoms with van der Waals surface area (Å²) in [6.07, 6.45) is 3.82. The predicted molar refractivity (Wildman–Crippen MR) is 120 cm³/mol. The number of sulfonamides is 1. The highest BCUT2D eigenvalue weighted by Crippen LogP contribution is 2.25. The van der Waals surface area contributed by atoms with Crippen LogP contribution >= 0.6 is 0 Å². The van der Waals surface area contributed by atoms with E-state index in [-0.39, 0.29) is 16.7 Å². The maximum atomic E-state index is 13.1. The molecule has 0 atom stereocenters. The predicted octanol–water partition coefficient (Wildman–Crippen LogP) is 4.77. The van der Waals surface area contributed by atoms with E-state index in [4.69, 9.17) is 4.42 Å². The van der Waals surface area contributed by atoms with Crippen LogP contribution < -0.4 is 5.32 Å². The number of anilines is 1. The van der Waals surface area contributed by atoms with Gasteiger partial charge < -0.3 is 9.73 Å². The fraction of sp³-hybridized carbons (Fsp3) is 0.391. The summed E-state index contributed by atoms with van der Waals surface area (Å²) in [6, 6.07) is 11.5. The number of carbonyl (C=O) groups is 1. The molecule has 0 spiro atoms. The number of hydrogen-bond donors (Lipinski definition) is 1. The maximum Gasteiger partial charge on any atom is 0.255 e. The Labute approximate surface area is 182 Å². The molecule has 3 aromatic rings. The van der Waals surface area contributed by atoms with Gasteiger partial charge in [-0.1, -0.05) is 32.8 Å². The van der Waals surface area contributed by atoms with E-state index < -0.39 is 10.0 Å². The zero-order valence-electron chi connectivity index (χ0n) is 17.8. The highest BCUT2D eigenvalue weighted by atomic mass is 32.2. The maximum absolute atomic E-state index is 13.1. The van der Waals surface area contributed by atoms with Crippen LogP contribution in [0.5, 0.6) is 0 Å². The van der Waals surface area contributed by atoms with E-state index in [1.54, 1.807) is 36.4 Å². The molecule has 1 fully saturated rings. The van der Waals surface area contributed by atoms with Crippen LogP contribution in [0.25, 0.3) is 11.1 Å². The van der Waals surface area contributed by atoms with Gasteiger partial charge in [0, 0.05) is 30.3 Å². The molecule has 1 saturated heterocycles. The minimum absolute atomic E-state index is 0.149. The minimum atomic E-state index is -3.62. The lowest BCUT2D eigenvalue weighted by Gasteiger charge is -2.20. The third-order valence-corrected chi connectivity index (χ3v) is 7.35. The SMILES string of the molecule is CC(C)c1nc2cc(NC(=O)c3cccc(S(=O)(=O)N4CCCCCC4)c3)ccc2o1. The van der Waals surface area contributed by atoms with Gasteiger partial charge in [0.2, 0.25) is 10.0 Å². The van der Waals surface area contributed by atoms with E-state index in [2.05, 4.69) is 10.3 Å². The number of nitrogens with zero attached hydrogens (tertiary/aromatic N) is 2. The summed E-state index contributed by atoms with van der Waals surface area (Å²) in [5.74, 6) is 0.434. The van der Waals surface area contributed by atoms with Crippen LogP contribution in [0, 0.1) is 0 Å². The molecule has 0 radical (unpaired) electrons. The van der Waals surface area contributed by atoms with Crippen molar-refractivity contribution >= 4 is 32.7 Å². The Balaban J connectivity index is 1.55. The quantitative estimate of drug-likeness (QED) is 0.616. The highest BCUT2D eigenvalue weighted by Gasteiger charge is 2.25. The molecule has 8 heteroatoms. The first kappa shape index (κ1) is 21.5. The summed E-state index contributed by atoms with van der Waals surface area (Å²) in [5.41, 5.74) is 2.19. The van der Waals surface area contributed by atoms with Crippen molar-refractivity contribution in [3.05, 3.63) is 53.9 Å². The van der Waals surface area contributed by atoms with Crippen molar-refractivity contribution in [3.8, 4) is 0 Å². The standard InChI is InChI=1S/C23H27N3O4S/c1-16(2)23-25-20-15-18(10-11-21(20)30-23)24-22(27)17-8-7-9-19(14-17)31(28,29)26-12-5-3-4-6-13-26/h7-11,14-16H,3-6,12-13H2,1-2H3,(H,24,27). The molecule has 4 rings (SSSR count). The van der Waals surface area contributed by atoms with Gasteiger partial charge in [0.1, 0.15) is 5.52 Å². The topological polar surface area (TPSA) is 92.5 Å². The van der Waals surface area contributed by atoms with Crippen LogP contribution in [0.3, 0.4) is 0 Å². The first-order valence-electron chi connectivity index (χ1n) is 10.7. The number of rotatable bonds is 5. The molecule has 0 bridgehead atoms. The number of nitrogens with one attached hydrogen (secondary N) is 1. The summed E-state index contributed by atoms with van der Waals surface area (Å²) in [6.45, 7) is 5.05. The Morgan fingerprint density at radius 1 is 1.06 bits per heavy atom. The Bertz CT molecular complexity index is 1190. The van der Waals surface area contributed by atoms with Gasteiger partial charge in [-0.2, -0.15) is 4.31 Å². The van der Waals surface area contributed by atoms with Crippen LogP contribution in [0.15, 0.2) is 51.8 Å². The lowest BCUT2D eigenvalue weighted by atomic mass is 10.2. The second-order valence-corrected chi connectivity index (χ2v) is 10.1. The van der Waals surface area contributed by atoms with E-state index >= 15 is 0 Å². The summed E-state index contributed by atoms with van der Waals surface area (Å²) >= 11 is 0. The van der Waals surface area contributed by atoms with E-state index in [0.29, 0.717) is 41.3 Å². The zero-order valence-corrected chi connectivity index (χ0v) is 18.6. The van der Waals surface area contributed by atoms with Crippen molar-refractivity contribution in [2.45, 2.75) is 50.3 Å². The Kier molecular flexibility index (Phi) is 6.11. The van der Waals surface area contributed by atoms with Crippen molar-refractivity contribution in [3.63, 3.8) is 0 Å². The second kappa shape index (κ2) is 8.80. The van der Waals surface area contributed by atoms with E-state index in [9.17, 15) is 13.2 Å². The molecule has 0 unspecified atom stereocenters. The van der Waals surface area contributed by atoms with Gasteiger partial charge in [-0.05, 0) is 49.2 Å². The number of aromatic nitrogens is 1. The van der Waals surface area contributed by atoms with Gasteiger partial charge in [-0.3, -0.25) is 4.79 Å². The van der Waals surface area contributed by atoms with Crippen molar-refractivity contribution in [1.29, 1.82) is 0 Å². The second-order valence-electron chi connectivity index (χ2n) is 8.19. The van der Waals surface area contributed by atoms with Gasteiger partial charge in [0.15, 0.2) is 11.5 Å². The first-order chi connectivity index (χ1) is 14.8. The van der Waals surface area contributed by atoms with Crippen LogP contribution in [0.1, 0.15) is 61.7 Å². The van der Waals surface area contributed by atoms with E-state index in [1.165, 1.54) is 10.4 Å². The van der Waals surface area contributed by atoms with Crippen molar-refractivity contribution < 1.29 is 17.6 Å². The number of amides is 1. The number of carbonyl (C=O) groups excluding carboxylic acids is 1. The van der Waals surface area contributed by atoms with Crippen LogP contribution in [-0.4, -0.2) is 36.7 Å². The van der Waals surface area contributed by atoms with Gasteiger partial charge >= 0.3 is 0 Å². The lowest BCUT2D eigenvalue weighted by molar-refractivity contribution is 0.102. The minimum Gasteiger partial charge on any atom is -0.440 e. The number of fused-ring (bicyclic) bond motifs is 1. The molecule has 1 aliphatic heterocycles. The van der Waals surface area contributed by atoms with Crippen molar-refractivity contribution in [2.24, 2.45) is 0 Å². The summed E-state index contributed by atoms with van der Waals surface area (Å²) in [4.78, 5) is 17.4. The zero-order chi connectivity index (χ0) is 22.0. The van der Waals surface area contributed by atoms with Gasteiger partial charge in [-0.15, -0.1) is 0 Å². The third kappa shape index (κ3) is 4.65. The molecule has 2 aromatic carbocycles. The molecule has 0 aliphatic carbocycles. The van der Waals surface area contributed by atoms with Crippen LogP contribution in [0.2, 0.25) is 0 Å².